The van der Waals surface area contributed by atoms with Gasteiger partial charge in [0.05, 0.1) is 5.60 Å². The molecule has 1 rings (SSSR count). The lowest BCUT2D eigenvalue weighted by atomic mass is 10.0. The fraction of sp³-hybridized carbons (Fsp3) is 0.538. The Kier molecular flexibility index (Phi) is 4.96. The van der Waals surface area contributed by atoms with Crippen molar-refractivity contribution in [2.24, 2.45) is 0 Å². The minimum Gasteiger partial charge on any atom is -0.389 e. The van der Waals surface area contributed by atoms with Crippen LogP contribution < -0.4 is 5.32 Å². The van der Waals surface area contributed by atoms with Crippen LogP contribution in [0, 0.1) is 0 Å². The van der Waals surface area contributed by atoms with Crippen LogP contribution in [-0.4, -0.2) is 17.3 Å². The van der Waals surface area contributed by atoms with Crippen LogP contribution in [-0.2, 0) is 0 Å². The molecule has 0 heterocycles. The lowest BCUT2D eigenvalue weighted by Crippen LogP contribution is -2.38. The van der Waals surface area contributed by atoms with Crippen LogP contribution in [0.4, 0.5) is 0 Å². The zero-order chi connectivity index (χ0) is 12.2. The Morgan fingerprint density at radius 3 is 2.75 bits per heavy atom. The second kappa shape index (κ2) is 5.80. The molecule has 1 unspecified atom stereocenters. The standard InChI is InChI=1S/C13H20BrNO/c1-4-13(3,16)9-15-10(2)11-6-5-7-12(14)8-11/h5-8,10,15-16H,4,9H2,1-3H3/t10-,13?/m1/s1. The fourth-order valence-corrected chi connectivity index (χ4v) is 1.81. The highest BCUT2D eigenvalue weighted by Crippen LogP contribution is 2.18. The van der Waals surface area contributed by atoms with Gasteiger partial charge in [-0.05, 0) is 38.0 Å². The topological polar surface area (TPSA) is 32.3 Å². The van der Waals surface area contributed by atoms with E-state index in [0.717, 1.165) is 10.9 Å². The molecule has 0 radical (unpaired) electrons. The molecule has 0 aliphatic rings. The average Bonchev–Trinajstić information content (AvgIpc) is 2.26. The van der Waals surface area contributed by atoms with Gasteiger partial charge in [-0.1, -0.05) is 35.0 Å². The monoisotopic (exact) mass is 285 g/mol. The van der Waals surface area contributed by atoms with Crippen LogP contribution in [0.5, 0.6) is 0 Å². The zero-order valence-electron chi connectivity index (χ0n) is 10.1. The molecule has 0 aromatic heterocycles. The van der Waals surface area contributed by atoms with Crippen LogP contribution in [0.3, 0.4) is 0 Å². The van der Waals surface area contributed by atoms with Crippen LogP contribution in [0.25, 0.3) is 0 Å². The van der Waals surface area contributed by atoms with E-state index < -0.39 is 5.60 Å². The molecule has 1 aromatic carbocycles. The Bertz CT molecular complexity index is 338. The minimum atomic E-state index is -0.625. The Balaban J connectivity index is 2.56. The molecule has 90 valence electrons. The summed E-state index contributed by atoms with van der Waals surface area (Å²) in [5.74, 6) is 0. The van der Waals surface area contributed by atoms with Crippen LogP contribution in [0.1, 0.15) is 38.8 Å². The van der Waals surface area contributed by atoms with E-state index in [1.807, 2.05) is 26.0 Å². The van der Waals surface area contributed by atoms with Gasteiger partial charge in [0.2, 0.25) is 0 Å². The highest BCUT2D eigenvalue weighted by molar-refractivity contribution is 9.10. The number of nitrogens with one attached hydrogen (secondary N) is 1. The van der Waals surface area contributed by atoms with Crippen molar-refractivity contribution in [3.8, 4) is 0 Å². The van der Waals surface area contributed by atoms with Gasteiger partial charge in [0.25, 0.3) is 0 Å². The summed E-state index contributed by atoms with van der Waals surface area (Å²) in [5.41, 5.74) is 0.599. The molecule has 2 atom stereocenters. The van der Waals surface area contributed by atoms with Crippen molar-refractivity contribution >= 4 is 15.9 Å². The third-order valence-electron chi connectivity index (χ3n) is 2.90. The van der Waals surface area contributed by atoms with Gasteiger partial charge in [-0.3, -0.25) is 0 Å². The van der Waals surface area contributed by atoms with Gasteiger partial charge in [-0.25, -0.2) is 0 Å². The van der Waals surface area contributed by atoms with Crippen molar-refractivity contribution in [3.63, 3.8) is 0 Å². The van der Waals surface area contributed by atoms with Crippen LogP contribution in [0.15, 0.2) is 28.7 Å². The third-order valence-corrected chi connectivity index (χ3v) is 3.39. The Morgan fingerprint density at radius 2 is 2.19 bits per heavy atom. The normalized spacial score (nSPS) is 16.8. The van der Waals surface area contributed by atoms with Crippen molar-refractivity contribution in [2.75, 3.05) is 6.54 Å². The van der Waals surface area contributed by atoms with E-state index in [1.165, 1.54) is 5.56 Å². The molecule has 0 bridgehead atoms. The van der Waals surface area contributed by atoms with Gasteiger partial charge in [-0.2, -0.15) is 0 Å². The average molecular weight is 286 g/mol. The van der Waals surface area contributed by atoms with Gasteiger partial charge in [0, 0.05) is 17.1 Å². The maximum absolute atomic E-state index is 9.90. The van der Waals surface area contributed by atoms with E-state index in [9.17, 15) is 5.11 Å². The summed E-state index contributed by atoms with van der Waals surface area (Å²) in [4.78, 5) is 0. The molecular formula is C13H20BrNO. The van der Waals surface area contributed by atoms with Crippen molar-refractivity contribution in [1.82, 2.24) is 5.32 Å². The van der Waals surface area contributed by atoms with E-state index in [2.05, 4.69) is 40.3 Å². The van der Waals surface area contributed by atoms with E-state index in [0.29, 0.717) is 6.54 Å². The summed E-state index contributed by atoms with van der Waals surface area (Å²) in [6.45, 7) is 6.56. The molecule has 0 aliphatic carbocycles. The van der Waals surface area contributed by atoms with Gasteiger partial charge in [-0.15, -0.1) is 0 Å². The molecule has 3 heteroatoms. The smallest absolute Gasteiger partial charge is 0.0741 e. The molecule has 0 fully saturated rings. The predicted octanol–water partition coefficient (Wildman–Crippen LogP) is 3.26. The van der Waals surface area contributed by atoms with E-state index in [-0.39, 0.29) is 6.04 Å². The maximum Gasteiger partial charge on any atom is 0.0741 e. The van der Waals surface area contributed by atoms with Crippen molar-refractivity contribution in [2.45, 2.75) is 38.8 Å². The first-order valence-electron chi connectivity index (χ1n) is 5.66. The second-order valence-electron chi connectivity index (χ2n) is 4.51. The van der Waals surface area contributed by atoms with Gasteiger partial charge in [0.15, 0.2) is 0 Å². The molecule has 0 spiro atoms. The molecule has 2 N–H and O–H groups in total. The summed E-state index contributed by atoms with van der Waals surface area (Å²) in [5, 5.41) is 13.2. The van der Waals surface area contributed by atoms with E-state index in [4.69, 9.17) is 0 Å². The Labute approximate surface area is 106 Å². The quantitative estimate of drug-likeness (QED) is 0.870. The highest BCUT2D eigenvalue weighted by atomic mass is 79.9. The molecule has 0 saturated carbocycles. The largest absolute Gasteiger partial charge is 0.389 e. The number of hydrogen-bond acceptors (Lipinski definition) is 2. The first kappa shape index (κ1) is 13.7. The van der Waals surface area contributed by atoms with Crippen LogP contribution >= 0.6 is 15.9 Å². The number of benzene rings is 1. The SMILES string of the molecule is CCC(C)(O)CN[C@H](C)c1cccc(Br)c1. The predicted molar refractivity (Wildman–Crippen MR) is 71.5 cm³/mol. The van der Waals surface area contributed by atoms with Crippen LogP contribution in [0.2, 0.25) is 0 Å². The Hall–Kier alpha value is -0.380. The second-order valence-corrected chi connectivity index (χ2v) is 5.42. The summed E-state index contributed by atoms with van der Waals surface area (Å²) in [6.07, 6.45) is 0.755. The molecule has 0 aliphatic heterocycles. The number of hydrogen-bond donors (Lipinski definition) is 2. The van der Waals surface area contributed by atoms with Crippen molar-refractivity contribution in [3.05, 3.63) is 34.3 Å². The maximum atomic E-state index is 9.90. The number of rotatable bonds is 5. The summed E-state index contributed by atoms with van der Waals surface area (Å²) in [6, 6.07) is 8.46. The molecule has 0 saturated heterocycles. The first-order valence-corrected chi connectivity index (χ1v) is 6.45. The molecule has 2 nitrogen and oxygen atoms in total. The Morgan fingerprint density at radius 1 is 1.50 bits per heavy atom. The summed E-state index contributed by atoms with van der Waals surface area (Å²) >= 11 is 3.46. The zero-order valence-corrected chi connectivity index (χ0v) is 11.7. The number of halogens is 1. The summed E-state index contributed by atoms with van der Waals surface area (Å²) < 4.78 is 1.08. The molecule has 1 aromatic rings. The lowest BCUT2D eigenvalue weighted by Gasteiger charge is -2.24. The van der Waals surface area contributed by atoms with Crippen molar-refractivity contribution in [1.29, 1.82) is 0 Å². The lowest BCUT2D eigenvalue weighted by molar-refractivity contribution is 0.0533. The van der Waals surface area contributed by atoms with Gasteiger partial charge in [0.1, 0.15) is 0 Å². The molecule has 16 heavy (non-hydrogen) atoms. The first-order chi connectivity index (χ1) is 7.44. The molecule has 0 amide bonds. The van der Waals surface area contributed by atoms with Crippen molar-refractivity contribution < 1.29 is 5.11 Å². The highest BCUT2D eigenvalue weighted by Gasteiger charge is 2.18. The fourth-order valence-electron chi connectivity index (χ4n) is 1.39. The third kappa shape index (κ3) is 4.24. The molecular weight excluding hydrogens is 266 g/mol. The minimum absolute atomic E-state index is 0.246. The number of aliphatic hydroxyl groups is 1. The van der Waals surface area contributed by atoms with Gasteiger partial charge < -0.3 is 10.4 Å². The van der Waals surface area contributed by atoms with E-state index in [1.54, 1.807) is 0 Å². The van der Waals surface area contributed by atoms with E-state index >= 15 is 0 Å². The summed E-state index contributed by atoms with van der Waals surface area (Å²) in [7, 11) is 0. The van der Waals surface area contributed by atoms with Gasteiger partial charge >= 0.3 is 0 Å².